The number of aliphatic hydroxyl groups excluding tert-OH is 1. The van der Waals surface area contributed by atoms with Crippen molar-refractivity contribution < 1.29 is 14.6 Å². The second-order valence-corrected chi connectivity index (χ2v) is 7.07. The molecule has 1 aliphatic rings. The van der Waals surface area contributed by atoms with Gasteiger partial charge in [-0.25, -0.2) is 0 Å². The molecule has 0 amide bonds. The van der Waals surface area contributed by atoms with Crippen LogP contribution in [-0.4, -0.2) is 23.9 Å². The van der Waals surface area contributed by atoms with Gasteiger partial charge < -0.3 is 14.6 Å². The molecule has 1 saturated heterocycles. The van der Waals surface area contributed by atoms with Crippen molar-refractivity contribution >= 4 is 11.6 Å². The fraction of sp³-hybridized carbons (Fsp3) is 0.391. The number of ether oxygens (including phenoxy) is 2. The molecule has 1 heterocycles. The first-order valence-electron chi connectivity index (χ1n) is 9.38. The van der Waals surface area contributed by atoms with Crippen LogP contribution in [0.1, 0.15) is 49.5 Å². The third kappa shape index (κ3) is 6.10. The van der Waals surface area contributed by atoms with Crippen LogP contribution in [0.25, 0.3) is 0 Å². The molecule has 1 N–H and O–H groups in total. The van der Waals surface area contributed by atoms with E-state index in [1.807, 2.05) is 38.1 Å². The van der Waals surface area contributed by atoms with Gasteiger partial charge in [0, 0.05) is 11.4 Å². The smallest absolute Gasteiger partial charge is 0.119 e. The first-order chi connectivity index (χ1) is 13.0. The zero-order valence-electron chi connectivity index (χ0n) is 16.2. The zero-order valence-corrected chi connectivity index (χ0v) is 16.9. The molecule has 3 atom stereocenters. The average Bonchev–Trinajstić information content (AvgIpc) is 2.66. The van der Waals surface area contributed by atoms with E-state index in [-0.39, 0.29) is 18.3 Å². The van der Waals surface area contributed by atoms with E-state index >= 15 is 0 Å². The zero-order chi connectivity index (χ0) is 19.8. The quantitative estimate of drug-likeness (QED) is 0.664. The van der Waals surface area contributed by atoms with Gasteiger partial charge in [0.25, 0.3) is 0 Å². The lowest BCUT2D eigenvalue weighted by Gasteiger charge is -2.31. The average molecular weight is 389 g/mol. The van der Waals surface area contributed by atoms with Crippen LogP contribution < -0.4 is 4.74 Å². The predicted octanol–water partition coefficient (Wildman–Crippen LogP) is 5.73. The van der Waals surface area contributed by atoms with E-state index < -0.39 is 0 Å². The van der Waals surface area contributed by atoms with Crippen molar-refractivity contribution in [2.45, 2.75) is 51.4 Å². The molecule has 0 aromatic heterocycles. The van der Waals surface area contributed by atoms with Gasteiger partial charge in [0.2, 0.25) is 0 Å². The first kappa shape index (κ1) is 21.5. The Morgan fingerprint density at radius 2 is 1.85 bits per heavy atom. The standard InChI is InChI=1S/C21H25ClO3.C2H4/c1-3-24-19-7-4-15(5-8-19)11-17-12-16(6-9-20(17)22)21-13-18(23)10-14(2)25-21;1-2/h4-9,12,14,18,21,23H,3,10-11,13H2,1-2H3;1-2H2/t14-,18+,21-;/m1./s1. The molecule has 0 bridgehead atoms. The maximum atomic E-state index is 10.0. The predicted molar refractivity (Wildman–Crippen MR) is 112 cm³/mol. The summed E-state index contributed by atoms with van der Waals surface area (Å²) in [5, 5.41) is 10.8. The van der Waals surface area contributed by atoms with E-state index in [1.54, 1.807) is 0 Å². The Kier molecular flexibility index (Phi) is 8.36. The molecule has 0 saturated carbocycles. The highest BCUT2D eigenvalue weighted by Crippen LogP contribution is 2.33. The minimum Gasteiger partial charge on any atom is -0.494 e. The summed E-state index contributed by atoms with van der Waals surface area (Å²) in [4.78, 5) is 0. The summed E-state index contributed by atoms with van der Waals surface area (Å²) in [5.74, 6) is 0.879. The highest BCUT2D eigenvalue weighted by molar-refractivity contribution is 6.31. The topological polar surface area (TPSA) is 38.7 Å². The minimum absolute atomic E-state index is 0.0685. The third-order valence-electron chi connectivity index (χ3n) is 4.56. The molecule has 27 heavy (non-hydrogen) atoms. The molecule has 0 spiro atoms. The Bertz CT molecular complexity index is 704. The lowest BCUT2D eigenvalue weighted by Crippen LogP contribution is -2.29. The van der Waals surface area contributed by atoms with Crippen LogP contribution in [0, 0.1) is 0 Å². The van der Waals surface area contributed by atoms with Crippen molar-refractivity contribution in [1.29, 1.82) is 0 Å². The minimum atomic E-state index is -0.306. The number of hydrogen-bond acceptors (Lipinski definition) is 3. The van der Waals surface area contributed by atoms with Gasteiger partial charge in [-0.05, 0) is 61.6 Å². The van der Waals surface area contributed by atoms with Gasteiger partial charge in [-0.3, -0.25) is 0 Å². The molecule has 3 rings (SSSR count). The summed E-state index contributed by atoms with van der Waals surface area (Å²) in [6.45, 7) is 10.6. The number of hydrogen-bond donors (Lipinski definition) is 1. The highest BCUT2D eigenvalue weighted by atomic mass is 35.5. The van der Waals surface area contributed by atoms with Crippen LogP contribution in [-0.2, 0) is 11.2 Å². The summed E-state index contributed by atoms with van der Waals surface area (Å²) >= 11 is 6.41. The second kappa shape index (κ2) is 10.5. The molecule has 0 unspecified atom stereocenters. The summed E-state index contributed by atoms with van der Waals surface area (Å²) in [7, 11) is 0. The van der Waals surface area contributed by atoms with Crippen molar-refractivity contribution in [3.05, 3.63) is 77.3 Å². The van der Waals surface area contributed by atoms with E-state index in [0.717, 1.165) is 28.3 Å². The van der Waals surface area contributed by atoms with Crippen LogP contribution in [0.4, 0.5) is 0 Å². The van der Waals surface area contributed by atoms with Gasteiger partial charge in [-0.1, -0.05) is 35.9 Å². The molecular weight excluding hydrogens is 360 g/mol. The molecule has 2 aromatic rings. The summed E-state index contributed by atoms with van der Waals surface area (Å²) < 4.78 is 11.5. The van der Waals surface area contributed by atoms with Crippen LogP contribution in [0.5, 0.6) is 5.75 Å². The monoisotopic (exact) mass is 388 g/mol. The maximum Gasteiger partial charge on any atom is 0.119 e. The van der Waals surface area contributed by atoms with Crippen molar-refractivity contribution in [2.75, 3.05) is 6.61 Å². The van der Waals surface area contributed by atoms with Crippen molar-refractivity contribution in [1.82, 2.24) is 0 Å². The fourth-order valence-corrected chi connectivity index (χ4v) is 3.54. The van der Waals surface area contributed by atoms with Crippen molar-refractivity contribution in [2.24, 2.45) is 0 Å². The number of benzene rings is 2. The molecule has 1 fully saturated rings. The van der Waals surface area contributed by atoms with Crippen LogP contribution in [0.2, 0.25) is 5.02 Å². The first-order valence-corrected chi connectivity index (χ1v) is 9.76. The molecule has 0 aliphatic carbocycles. The van der Waals surface area contributed by atoms with E-state index in [0.29, 0.717) is 19.4 Å². The number of halogens is 1. The van der Waals surface area contributed by atoms with Gasteiger partial charge in [0.1, 0.15) is 5.75 Å². The van der Waals surface area contributed by atoms with Crippen molar-refractivity contribution in [3.63, 3.8) is 0 Å². The summed E-state index contributed by atoms with van der Waals surface area (Å²) in [5.41, 5.74) is 3.33. The molecule has 1 aliphatic heterocycles. The Morgan fingerprint density at radius 1 is 1.15 bits per heavy atom. The summed E-state index contributed by atoms with van der Waals surface area (Å²) in [6.07, 6.45) is 1.77. The fourth-order valence-electron chi connectivity index (χ4n) is 3.35. The Hall–Kier alpha value is -1.81. The van der Waals surface area contributed by atoms with E-state index in [4.69, 9.17) is 21.1 Å². The van der Waals surface area contributed by atoms with E-state index in [1.165, 1.54) is 5.56 Å². The van der Waals surface area contributed by atoms with Gasteiger partial charge >= 0.3 is 0 Å². The van der Waals surface area contributed by atoms with E-state index in [2.05, 4.69) is 31.4 Å². The second-order valence-electron chi connectivity index (χ2n) is 6.67. The lowest BCUT2D eigenvalue weighted by atomic mass is 9.94. The SMILES string of the molecule is C=C.CCOc1ccc(Cc2cc([C@H]3C[C@@H](O)C[C@@H](C)O3)ccc2Cl)cc1. The van der Waals surface area contributed by atoms with Gasteiger partial charge in [-0.15, -0.1) is 13.2 Å². The van der Waals surface area contributed by atoms with E-state index in [9.17, 15) is 5.11 Å². The number of aliphatic hydroxyl groups is 1. The molecular formula is C23H29ClO3. The molecule has 3 nitrogen and oxygen atoms in total. The van der Waals surface area contributed by atoms with Gasteiger partial charge in [-0.2, -0.15) is 0 Å². The Balaban J connectivity index is 0.00000126. The molecule has 4 heteroatoms. The Labute approximate surface area is 167 Å². The van der Waals surface area contributed by atoms with Gasteiger partial charge in [0.15, 0.2) is 0 Å². The largest absolute Gasteiger partial charge is 0.494 e. The van der Waals surface area contributed by atoms with Crippen LogP contribution >= 0.6 is 11.6 Å². The lowest BCUT2D eigenvalue weighted by molar-refractivity contribution is -0.0895. The normalized spacial score (nSPS) is 21.9. The highest BCUT2D eigenvalue weighted by Gasteiger charge is 2.27. The molecule has 146 valence electrons. The molecule has 0 radical (unpaired) electrons. The third-order valence-corrected chi connectivity index (χ3v) is 4.93. The molecule has 2 aromatic carbocycles. The van der Waals surface area contributed by atoms with Gasteiger partial charge in [0.05, 0.1) is 24.9 Å². The van der Waals surface area contributed by atoms with Crippen LogP contribution in [0.15, 0.2) is 55.6 Å². The Morgan fingerprint density at radius 3 is 2.48 bits per heavy atom. The van der Waals surface area contributed by atoms with Crippen molar-refractivity contribution in [3.8, 4) is 5.75 Å². The summed E-state index contributed by atoms with van der Waals surface area (Å²) in [6, 6.07) is 14.1. The maximum absolute atomic E-state index is 10.0. The number of rotatable bonds is 5. The van der Waals surface area contributed by atoms with Crippen LogP contribution in [0.3, 0.4) is 0 Å².